The first-order valence-corrected chi connectivity index (χ1v) is 7.67. The number of nitrogens with zero attached hydrogens (tertiary/aromatic N) is 1. The van der Waals surface area contributed by atoms with Gasteiger partial charge in [0.2, 0.25) is 0 Å². The molecular formula is C14H10Br2N2O4. The van der Waals surface area contributed by atoms with Crippen molar-refractivity contribution in [2.24, 2.45) is 0 Å². The van der Waals surface area contributed by atoms with Crippen molar-refractivity contribution in [2.45, 2.75) is 0 Å². The Morgan fingerprint density at radius 3 is 2.41 bits per heavy atom. The predicted molar refractivity (Wildman–Crippen MR) is 89.1 cm³/mol. The van der Waals surface area contributed by atoms with Crippen LogP contribution >= 0.6 is 31.9 Å². The topological polar surface area (TPSA) is 81.5 Å². The first-order valence-electron chi connectivity index (χ1n) is 6.09. The van der Waals surface area contributed by atoms with Gasteiger partial charge in [0.1, 0.15) is 11.4 Å². The second kappa shape index (κ2) is 7.37. The quantitative estimate of drug-likeness (QED) is 0.572. The third-order valence-corrected chi connectivity index (χ3v) is 3.89. The Kier molecular flexibility index (Phi) is 5.51. The van der Waals surface area contributed by atoms with Crippen LogP contribution < -0.4 is 10.1 Å². The number of rotatable bonds is 5. The van der Waals surface area contributed by atoms with Crippen molar-refractivity contribution in [1.29, 1.82) is 0 Å². The van der Waals surface area contributed by atoms with E-state index < -0.39 is 10.8 Å². The second-order valence-corrected chi connectivity index (χ2v) is 5.87. The Balaban J connectivity index is 2.04. The van der Waals surface area contributed by atoms with Gasteiger partial charge in [-0.25, -0.2) is 0 Å². The molecule has 0 heterocycles. The largest absolute Gasteiger partial charge is 0.481 e. The molecule has 2 aromatic rings. The van der Waals surface area contributed by atoms with Gasteiger partial charge in [-0.2, -0.15) is 0 Å². The minimum atomic E-state index is -0.555. The summed E-state index contributed by atoms with van der Waals surface area (Å²) in [5.74, 6) is -0.00263. The summed E-state index contributed by atoms with van der Waals surface area (Å²) in [5.41, 5.74) is -0.0368. The number of anilines is 1. The number of nitro benzene ring substituents is 1. The van der Waals surface area contributed by atoms with E-state index >= 15 is 0 Å². The molecule has 0 bridgehead atoms. The first-order chi connectivity index (χ1) is 10.5. The van der Waals surface area contributed by atoms with Crippen LogP contribution in [0.25, 0.3) is 0 Å². The average Bonchev–Trinajstić information content (AvgIpc) is 2.47. The molecule has 1 N–H and O–H groups in total. The number of nitrogens with one attached hydrogen (secondary N) is 1. The predicted octanol–water partition coefficient (Wildman–Crippen LogP) is 4.14. The van der Waals surface area contributed by atoms with Gasteiger partial charge in [-0.1, -0.05) is 18.2 Å². The number of halogens is 2. The lowest BCUT2D eigenvalue weighted by atomic mass is 10.2. The van der Waals surface area contributed by atoms with Gasteiger partial charge in [-0.3, -0.25) is 14.9 Å². The normalized spacial score (nSPS) is 10.1. The van der Waals surface area contributed by atoms with Crippen LogP contribution in [0.5, 0.6) is 5.75 Å². The first kappa shape index (κ1) is 16.4. The molecule has 0 aliphatic carbocycles. The van der Waals surface area contributed by atoms with Gasteiger partial charge in [0, 0.05) is 6.07 Å². The van der Waals surface area contributed by atoms with E-state index in [1.165, 1.54) is 18.2 Å². The molecule has 0 saturated carbocycles. The molecule has 0 spiro atoms. The second-order valence-electron chi connectivity index (χ2n) is 4.16. The zero-order chi connectivity index (χ0) is 16.1. The van der Waals surface area contributed by atoms with E-state index in [1.807, 2.05) is 6.07 Å². The van der Waals surface area contributed by atoms with Gasteiger partial charge >= 0.3 is 0 Å². The molecule has 1 amide bonds. The molecular weight excluding hydrogens is 420 g/mol. The lowest BCUT2D eigenvalue weighted by molar-refractivity contribution is -0.383. The van der Waals surface area contributed by atoms with Crippen LogP contribution in [-0.2, 0) is 4.79 Å². The van der Waals surface area contributed by atoms with Crippen molar-refractivity contribution in [2.75, 3.05) is 11.9 Å². The summed E-state index contributed by atoms with van der Waals surface area (Å²) in [7, 11) is 0. The summed E-state index contributed by atoms with van der Waals surface area (Å²) in [6, 6.07) is 11.3. The fourth-order valence-corrected chi connectivity index (χ4v) is 2.91. The van der Waals surface area contributed by atoms with E-state index in [-0.39, 0.29) is 18.0 Å². The van der Waals surface area contributed by atoms with E-state index in [4.69, 9.17) is 4.74 Å². The molecule has 6 nitrogen and oxygen atoms in total. The third kappa shape index (κ3) is 4.05. The van der Waals surface area contributed by atoms with Crippen molar-refractivity contribution >= 4 is 49.1 Å². The molecule has 8 heteroatoms. The molecule has 0 fully saturated rings. The molecule has 0 saturated heterocycles. The van der Waals surface area contributed by atoms with Crippen LogP contribution in [0.15, 0.2) is 51.4 Å². The minimum absolute atomic E-state index is 0.132. The Labute approximate surface area is 142 Å². The molecule has 0 aromatic heterocycles. The Hall–Kier alpha value is -1.93. The van der Waals surface area contributed by atoms with Gasteiger partial charge in [0.25, 0.3) is 11.6 Å². The van der Waals surface area contributed by atoms with Gasteiger partial charge < -0.3 is 10.1 Å². The smallest absolute Gasteiger partial charge is 0.292 e. The number of ether oxygens (including phenoxy) is 1. The van der Waals surface area contributed by atoms with Crippen molar-refractivity contribution in [1.82, 2.24) is 0 Å². The Bertz CT molecular complexity index is 701. The summed E-state index contributed by atoms with van der Waals surface area (Å²) in [5, 5.41) is 13.3. The zero-order valence-corrected chi connectivity index (χ0v) is 14.3. The van der Waals surface area contributed by atoms with Crippen molar-refractivity contribution in [3.8, 4) is 5.75 Å². The van der Waals surface area contributed by atoms with Crippen molar-refractivity contribution in [3.63, 3.8) is 0 Å². The summed E-state index contributed by atoms with van der Waals surface area (Å²) in [4.78, 5) is 22.2. The average molecular weight is 430 g/mol. The summed E-state index contributed by atoms with van der Waals surface area (Å²) in [6.07, 6.45) is 0. The van der Waals surface area contributed by atoms with Gasteiger partial charge in [-0.15, -0.1) is 0 Å². The summed E-state index contributed by atoms with van der Waals surface area (Å²) < 4.78 is 6.82. The number of para-hydroxylation sites is 3. The zero-order valence-electron chi connectivity index (χ0n) is 11.1. The van der Waals surface area contributed by atoms with Gasteiger partial charge in [-0.05, 0) is 50.1 Å². The number of amides is 1. The maximum Gasteiger partial charge on any atom is 0.292 e. The molecule has 0 unspecified atom stereocenters. The van der Waals surface area contributed by atoms with Crippen molar-refractivity contribution in [3.05, 3.63) is 61.5 Å². The fraction of sp³-hybridized carbons (Fsp3) is 0.0714. The van der Waals surface area contributed by atoms with E-state index in [0.29, 0.717) is 14.7 Å². The number of hydrogen-bond donors (Lipinski definition) is 1. The molecule has 114 valence electrons. The van der Waals surface area contributed by atoms with E-state index in [1.54, 1.807) is 18.2 Å². The SMILES string of the molecule is O=C(COc1c(Br)cccc1Br)Nc1ccccc1[N+](=O)[O-]. The molecule has 0 atom stereocenters. The van der Waals surface area contributed by atoms with Crippen LogP contribution in [0.1, 0.15) is 0 Å². The van der Waals surface area contributed by atoms with Gasteiger partial charge in [0.15, 0.2) is 6.61 Å². The van der Waals surface area contributed by atoms with Crippen LogP contribution in [0.3, 0.4) is 0 Å². The van der Waals surface area contributed by atoms with Crippen molar-refractivity contribution < 1.29 is 14.5 Å². The maximum atomic E-state index is 11.9. The molecule has 0 aliphatic rings. The highest BCUT2D eigenvalue weighted by molar-refractivity contribution is 9.11. The molecule has 22 heavy (non-hydrogen) atoms. The Morgan fingerprint density at radius 2 is 1.77 bits per heavy atom. The molecule has 0 radical (unpaired) electrons. The van der Waals surface area contributed by atoms with E-state index in [2.05, 4.69) is 37.2 Å². The lowest BCUT2D eigenvalue weighted by Gasteiger charge is -2.10. The number of nitro groups is 1. The number of carbonyl (C=O) groups excluding carboxylic acids is 1. The number of carbonyl (C=O) groups is 1. The van der Waals surface area contributed by atoms with E-state index in [0.717, 1.165) is 0 Å². The maximum absolute atomic E-state index is 11.9. The van der Waals surface area contributed by atoms with Crippen LogP contribution in [-0.4, -0.2) is 17.4 Å². The van der Waals surface area contributed by atoms with Crippen LogP contribution in [0.4, 0.5) is 11.4 Å². The minimum Gasteiger partial charge on any atom is -0.481 e. The number of hydrogen-bond acceptors (Lipinski definition) is 4. The summed E-state index contributed by atoms with van der Waals surface area (Å²) >= 11 is 6.64. The molecule has 0 aliphatic heterocycles. The van der Waals surface area contributed by atoms with E-state index in [9.17, 15) is 14.9 Å². The number of benzene rings is 2. The highest BCUT2D eigenvalue weighted by Crippen LogP contribution is 2.33. The van der Waals surface area contributed by atoms with Crippen LogP contribution in [0.2, 0.25) is 0 Å². The van der Waals surface area contributed by atoms with Crippen LogP contribution in [0, 0.1) is 10.1 Å². The third-order valence-electron chi connectivity index (χ3n) is 2.64. The molecule has 2 aromatic carbocycles. The summed E-state index contributed by atoms with van der Waals surface area (Å²) in [6.45, 7) is -0.271. The van der Waals surface area contributed by atoms with Gasteiger partial charge in [0.05, 0.1) is 13.9 Å². The highest BCUT2D eigenvalue weighted by atomic mass is 79.9. The fourth-order valence-electron chi connectivity index (χ4n) is 1.68. The Morgan fingerprint density at radius 1 is 1.14 bits per heavy atom. The monoisotopic (exact) mass is 428 g/mol. The standard InChI is InChI=1S/C14H10Br2N2O4/c15-9-4-3-5-10(16)14(9)22-8-13(19)17-11-6-1-2-7-12(11)18(20)21/h1-7H,8H2,(H,17,19). The lowest BCUT2D eigenvalue weighted by Crippen LogP contribution is -2.21. The highest BCUT2D eigenvalue weighted by Gasteiger charge is 2.15. The molecule has 2 rings (SSSR count).